The number of carbonyl (C=O) groups excluding carboxylic acids is 1. The van der Waals surface area contributed by atoms with Crippen LogP contribution in [0.5, 0.6) is 0 Å². The Kier molecular flexibility index (Phi) is 1.60. The number of aryl methyl sites for hydroxylation is 1. The van der Waals surface area contributed by atoms with Gasteiger partial charge in [0.15, 0.2) is 5.78 Å². The highest BCUT2D eigenvalue weighted by atomic mass is 16.1. The molecule has 0 spiro atoms. The second-order valence-corrected chi connectivity index (χ2v) is 3.94. The number of para-hydroxylation sites is 1. The molecule has 3 rings (SSSR count). The van der Waals surface area contributed by atoms with Crippen molar-refractivity contribution < 1.29 is 4.79 Å². The van der Waals surface area contributed by atoms with Gasteiger partial charge in [-0.2, -0.15) is 0 Å². The fourth-order valence-electron chi connectivity index (χ4n) is 2.16. The summed E-state index contributed by atoms with van der Waals surface area (Å²) in [6.45, 7) is 2.05. The zero-order valence-electron chi connectivity index (χ0n) is 8.50. The van der Waals surface area contributed by atoms with E-state index in [0.29, 0.717) is 6.42 Å². The van der Waals surface area contributed by atoms with Gasteiger partial charge in [0.2, 0.25) is 0 Å². The molecule has 2 aromatic rings. The lowest BCUT2D eigenvalue weighted by Gasteiger charge is -2.02. The van der Waals surface area contributed by atoms with Crippen molar-refractivity contribution in [3.8, 4) is 0 Å². The maximum atomic E-state index is 11.7. The Balaban J connectivity index is 2.46. The number of rotatable bonds is 0. The van der Waals surface area contributed by atoms with E-state index < -0.39 is 0 Å². The van der Waals surface area contributed by atoms with Crippen LogP contribution in [-0.4, -0.2) is 10.8 Å². The Labute approximate surface area is 87.6 Å². The predicted octanol–water partition coefficient (Wildman–Crippen LogP) is 3.08. The van der Waals surface area contributed by atoms with E-state index >= 15 is 0 Å². The highest BCUT2D eigenvalue weighted by Crippen LogP contribution is 2.29. The molecular formula is C13H11NO. The first kappa shape index (κ1) is 8.48. The molecule has 0 atom stereocenters. The van der Waals surface area contributed by atoms with Crippen LogP contribution >= 0.6 is 0 Å². The summed E-state index contributed by atoms with van der Waals surface area (Å²) in [6.07, 6.45) is 4.48. The van der Waals surface area contributed by atoms with E-state index in [9.17, 15) is 4.79 Å². The van der Waals surface area contributed by atoms with Gasteiger partial charge in [0.05, 0.1) is 5.69 Å². The Bertz CT molecular complexity index is 590. The normalized spacial score (nSPS) is 14.6. The molecule has 0 aliphatic heterocycles. The molecule has 0 saturated carbocycles. The van der Waals surface area contributed by atoms with Crippen molar-refractivity contribution in [3.05, 3.63) is 41.1 Å². The Morgan fingerprint density at radius 1 is 1.33 bits per heavy atom. The van der Waals surface area contributed by atoms with Crippen LogP contribution in [0.1, 0.15) is 28.0 Å². The largest absolute Gasteiger partial charge is 0.351 e. The third kappa shape index (κ3) is 1.08. The number of hydrogen-bond acceptors (Lipinski definition) is 1. The van der Waals surface area contributed by atoms with Gasteiger partial charge in [0.1, 0.15) is 0 Å². The third-order valence-electron chi connectivity index (χ3n) is 2.95. The number of carbonyl (C=O) groups is 1. The summed E-state index contributed by atoms with van der Waals surface area (Å²) in [5, 5.41) is 1.15. The van der Waals surface area contributed by atoms with Crippen molar-refractivity contribution in [1.29, 1.82) is 0 Å². The topological polar surface area (TPSA) is 32.9 Å². The summed E-state index contributed by atoms with van der Waals surface area (Å²) < 4.78 is 0. The van der Waals surface area contributed by atoms with Crippen LogP contribution < -0.4 is 0 Å². The summed E-state index contributed by atoms with van der Waals surface area (Å²) in [6, 6.07) is 6.14. The van der Waals surface area contributed by atoms with Crippen LogP contribution in [0.4, 0.5) is 0 Å². The number of benzene rings is 1. The first-order valence-electron chi connectivity index (χ1n) is 5.08. The number of hydrogen-bond donors (Lipinski definition) is 1. The number of H-pyrrole nitrogens is 1. The lowest BCUT2D eigenvalue weighted by Crippen LogP contribution is -2.02. The Morgan fingerprint density at radius 3 is 3.07 bits per heavy atom. The van der Waals surface area contributed by atoms with Crippen molar-refractivity contribution in [2.45, 2.75) is 13.3 Å². The number of allylic oxidation sites excluding steroid dienone is 1. The maximum Gasteiger partial charge on any atom is 0.183 e. The van der Waals surface area contributed by atoms with Crippen LogP contribution in [0.25, 0.3) is 17.0 Å². The van der Waals surface area contributed by atoms with E-state index in [-0.39, 0.29) is 5.78 Å². The second kappa shape index (κ2) is 2.83. The molecule has 74 valence electrons. The molecule has 15 heavy (non-hydrogen) atoms. The van der Waals surface area contributed by atoms with Crippen molar-refractivity contribution in [2.24, 2.45) is 0 Å². The minimum atomic E-state index is 0.183. The predicted molar refractivity (Wildman–Crippen MR) is 61.0 cm³/mol. The number of nitrogens with one attached hydrogen (secondary N) is 1. The van der Waals surface area contributed by atoms with E-state index in [0.717, 1.165) is 22.2 Å². The van der Waals surface area contributed by atoms with Crippen molar-refractivity contribution in [2.75, 3.05) is 0 Å². The van der Waals surface area contributed by atoms with E-state index in [1.807, 2.05) is 18.2 Å². The Hall–Kier alpha value is -1.83. The van der Waals surface area contributed by atoms with Crippen LogP contribution in [-0.2, 0) is 0 Å². The van der Waals surface area contributed by atoms with Gasteiger partial charge in [-0.05, 0) is 12.5 Å². The SMILES string of the molecule is Cc1cccc2c3c([nH]c12)C(=O)CC=C3. The van der Waals surface area contributed by atoms with Crippen molar-refractivity contribution in [3.63, 3.8) is 0 Å². The molecule has 1 aliphatic rings. The van der Waals surface area contributed by atoms with E-state index in [1.165, 1.54) is 5.56 Å². The molecule has 2 nitrogen and oxygen atoms in total. The van der Waals surface area contributed by atoms with E-state index in [2.05, 4.69) is 24.0 Å². The van der Waals surface area contributed by atoms with Crippen LogP contribution in [0.3, 0.4) is 0 Å². The van der Waals surface area contributed by atoms with Crippen LogP contribution in [0.2, 0.25) is 0 Å². The van der Waals surface area contributed by atoms with E-state index in [4.69, 9.17) is 0 Å². The molecular weight excluding hydrogens is 186 g/mol. The lowest BCUT2D eigenvalue weighted by atomic mass is 10.0. The first-order chi connectivity index (χ1) is 7.27. The number of aromatic amines is 1. The minimum Gasteiger partial charge on any atom is -0.351 e. The van der Waals surface area contributed by atoms with Gasteiger partial charge in [-0.3, -0.25) is 4.79 Å². The molecule has 0 unspecified atom stereocenters. The molecule has 1 heterocycles. The second-order valence-electron chi connectivity index (χ2n) is 3.94. The average Bonchev–Trinajstić information content (AvgIpc) is 2.60. The quantitative estimate of drug-likeness (QED) is 0.691. The number of fused-ring (bicyclic) bond motifs is 3. The van der Waals surface area contributed by atoms with Gasteiger partial charge < -0.3 is 4.98 Å². The van der Waals surface area contributed by atoms with Gasteiger partial charge in [-0.1, -0.05) is 30.4 Å². The average molecular weight is 197 g/mol. The van der Waals surface area contributed by atoms with Crippen molar-refractivity contribution >= 4 is 22.8 Å². The lowest BCUT2D eigenvalue weighted by molar-refractivity contribution is 0.0990. The molecule has 1 aromatic carbocycles. The highest BCUT2D eigenvalue weighted by Gasteiger charge is 2.18. The molecule has 0 bridgehead atoms. The zero-order valence-corrected chi connectivity index (χ0v) is 8.50. The van der Waals surface area contributed by atoms with Crippen molar-refractivity contribution in [1.82, 2.24) is 4.98 Å². The molecule has 0 radical (unpaired) electrons. The highest BCUT2D eigenvalue weighted by molar-refractivity contribution is 6.08. The van der Waals surface area contributed by atoms with Gasteiger partial charge in [-0.25, -0.2) is 0 Å². The molecule has 0 fully saturated rings. The van der Waals surface area contributed by atoms with Gasteiger partial charge >= 0.3 is 0 Å². The maximum absolute atomic E-state index is 11.7. The fourth-order valence-corrected chi connectivity index (χ4v) is 2.16. The minimum absolute atomic E-state index is 0.183. The fraction of sp³-hybridized carbons (Fsp3) is 0.154. The van der Waals surface area contributed by atoms with Gasteiger partial charge in [0, 0.05) is 22.9 Å². The first-order valence-corrected chi connectivity index (χ1v) is 5.08. The summed E-state index contributed by atoms with van der Waals surface area (Å²) in [4.78, 5) is 14.9. The molecule has 0 amide bonds. The number of Topliss-reactive ketones (excluding diaryl/α,β-unsaturated/α-hetero) is 1. The molecule has 2 heteroatoms. The Morgan fingerprint density at radius 2 is 2.20 bits per heavy atom. The summed E-state index contributed by atoms with van der Waals surface area (Å²) in [5.74, 6) is 0.183. The summed E-state index contributed by atoms with van der Waals surface area (Å²) in [7, 11) is 0. The third-order valence-corrected chi connectivity index (χ3v) is 2.95. The number of aromatic nitrogens is 1. The summed E-state index contributed by atoms with van der Waals surface area (Å²) >= 11 is 0. The smallest absolute Gasteiger partial charge is 0.183 e. The monoisotopic (exact) mass is 197 g/mol. The molecule has 1 aliphatic carbocycles. The zero-order chi connectivity index (χ0) is 10.4. The van der Waals surface area contributed by atoms with Gasteiger partial charge in [-0.15, -0.1) is 0 Å². The molecule has 1 aromatic heterocycles. The van der Waals surface area contributed by atoms with Gasteiger partial charge in [0.25, 0.3) is 0 Å². The standard InChI is InChI=1S/C13H11NO/c1-8-4-2-5-9-10-6-3-7-11(15)13(10)14-12(8)9/h2-6,14H,7H2,1H3. The van der Waals surface area contributed by atoms with Crippen LogP contribution in [0.15, 0.2) is 24.3 Å². The summed E-state index contributed by atoms with van der Waals surface area (Å²) in [5.41, 5.74) is 4.08. The number of ketones is 1. The molecule has 0 saturated heterocycles. The van der Waals surface area contributed by atoms with E-state index in [1.54, 1.807) is 0 Å². The molecule has 1 N–H and O–H groups in total. The van der Waals surface area contributed by atoms with Crippen LogP contribution in [0, 0.1) is 6.92 Å².